The summed E-state index contributed by atoms with van der Waals surface area (Å²) in [5.41, 5.74) is 0.838. The van der Waals surface area contributed by atoms with Gasteiger partial charge in [-0.3, -0.25) is 0 Å². The van der Waals surface area contributed by atoms with E-state index in [0.29, 0.717) is 0 Å². The molecule has 0 aromatic rings. The van der Waals surface area contributed by atoms with Gasteiger partial charge in [-0.25, -0.2) is 0 Å². The highest BCUT2D eigenvalue weighted by atomic mass is 16.5. The van der Waals surface area contributed by atoms with Gasteiger partial charge in [0.2, 0.25) is 0 Å². The van der Waals surface area contributed by atoms with Crippen LogP contribution < -0.4 is 5.06 Å². The second-order valence-corrected chi connectivity index (χ2v) is 3.69. The predicted octanol–water partition coefficient (Wildman–Crippen LogP) is 1.04. The summed E-state index contributed by atoms with van der Waals surface area (Å²) in [7, 11) is 1.59. The van der Waals surface area contributed by atoms with Crippen molar-refractivity contribution in [3.05, 3.63) is 41.3 Å². The van der Waals surface area contributed by atoms with E-state index in [1.54, 1.807) is 7.05 Å². The van der Waals surface area contributed by atoms with Crippen LogP contribution in [-0.4, -0.2) is 7.05 Å². The molecule has 0 saturated heterocycles. The molecule has 0 fully saturated rings. The third-order valence-electron chi connectivity index (χ3n) is 1.90. The van der Waals surface area contributed by atoms with Gasteiger partial charge in [0.05, 0.1) is 7.05 Å². The minimum Gasteiger partial charge on any atom is -0.629 e. The van der Waals surface area contributed by atoms with Crippen molar-refractivity contribution in [2.24, 2.45) is 5.41 Å². The third-order valence-corrected chi connectivity index (χ3v) is 1.90. The van der Waals surface area contributed by atoms with Gasteiger partial charge in [-0.15, -0.1) is 0 Å². The molecule has 0 radical (unpaired) electrons. The number of quaternary nitrogens is 1. The van der Waals surface area contributed by atoms with Crippen molar-refractivity contribution in [1.29, 1.82) is 0 Å². The zero-order valence-corrected chi connectivity index (χ0v) is 7.79. The van der Waals surface area contributed by atoms with Gasteiger partial charge >= 0.3 is 0 Å². The molecule has 0 amide bonds. The normalized spacial score (nSPS) is 23.2. The maximum atomic E-state index is 11.0. The van der Waals surface area contributed by atoms with Crippen molar-refractivity contribution in [2.75, 3.05) is 7.05 Å². The van der Waals surface area contributed by atoms with E-state index in [9.17, 15) is 5.21 Å². The van der Waals surface area contributed by atoms with Gasteiger partial charge in [0.15, 0.2) is 0 Å². The number of likely N-dealkylation sites (N-methyl/N-ethyl adjacent to an activating group) is 1. The van der Waals surface area contributed by atoms with E-state index in [4.69, 9.17) is 0 Å². The van der Waals surface area contributed by atoms with Crippen molar-refractivity contribution < 1.29 is 5.06 Å². The molecule has 0 heterocycles. The van der Waals surface area contributed by atoms with Crippen LogP contribution in [0.2, 0.25) is 0 Å². The third kappa shape index (κ3) is 2.32. The van der Waals surface area contributed by atoms with Crippen molar-refractivity contribution in [2.45, 2.75) is 13.8 Å². The summed E-state index contributed by atoms with van der Waals surface area (Å²) in [6.45, 7) is 4.22. The van der Waals surface area contributed by atoms with Crippen molar-refractivity contribution in [3.63, 3.8) is 0 Å². The van der Waals surface area contributed by atoms with Crippen molar-refractivity contribution in [1.82, 2.24) is 0 Å². The summed E-state index contributed by atoms with van der Waals surface area (Å²) >= 11 is 0. The fourth-order valence-electron chi connectivity index (χ4n) is 1.05. The number of hydrogen-bond acceptors (Lipinski definition) is 1. The van der Waals surface area contributed by atoms with Crippen molar-refractivity contribution >= 4 is 0 Å². The van der Waals surface area contributed by atoms with E-state index >= 15 is 0 Å². The highest BCUT2D eigenvalue weighted by molar-refractivity contribution is 5.26. The van der Waals surface area contributed by atoms with Crippen LogP contribution in [0.15, 0.2) is 36.1 Å². The molecule has 1 N–H and O–H groups in total. The van der Waals surface area contributed by atoms with Crippen LogP contribution in [0.25, 0.3) is 0 Å². The van der Waals surface area contributed by atoms with Gasteiger partial charge in [-0.2, -0.15) is 0 Å². The Morgan fingerprint density at radius 3 is 2.58 bits per heavy atom. The van der Waals surface area contributed by atoms with E-state index in [1.807, 2.05) is 24.3 Å². The number of hydrogen-bond donors (Lipinski definition) is 1. The molecule has 0 aromatic heterocycles. The number of allylic oxidation sites excluding steroid dienone is 5. The van der Waals surface area contributed by atoms with Gasteiger partial charge in [0.25, 0.3) is 0 Å². The second kappa shape index (κ2) is 3.25. The maximum Gasteiger partial charge on any atom is 0.130 e. The lowest BCUT2D eigenvalue weighted by Gasteiger charge is -2.16. The molecule has 0 spiro atoms. The van der Waals surface area contributed by atoms with Gasteiger partial charge in [0.1, 0.15) is 5.70 Å². The molecule has 1 rings (SSSR count). The molecule has 0 saturated carbocycles. The molecule has 2 nitrogen and oxygen atoms in total. The second-order valence-electron chi connectivity index (χ2n) is 3.69. The first-order valence-corrected chi connectivity index (χ1v) is 4.11. The Hall–Kier alpha value is -0.860. The molecule has 0 bridgehead atoms. The first kappa shape index (κ1) is 9.23. The Balaban J connectivity index is 2.86. The van der Waals surface area contributed by atoms with Gasteiger partial charge < -0.3 is 10.3 Å². The van der Waals surface area contributed by atoms with Gasteiger partial charge in [0, 0.05) is 5.41 Å². The van der Waals surface area contributed by atoms with Gasteiger partial charge in [-0.05, 0) is 12.2 Å². The summed E-state index contributed by atoms with van der Waals surface area (Å²) in [5.74, 6) is 0. The summed E-state index contributed by atoms with van der Waals surface area (Å²) in [5, 5.41) is 11.1. The molecule has 0 aliphatic heterocycles. The number of rotatable bonds is 1. The molecule has 1 aliphatic carbocycles. The summed E-state index contributed by atoms with van der Waals surface area (Å²) in [4.78, 5) is 0. The monoisotopic (exact) mass is 165 g/mol. The molecule has 1 aliphatic rings. The molecular weight excluding hydrogens is 150 g/mol. The quantitative estimate of drug-likeness (QED) is 0.577. The Morgan fingerprint density at radius 2 is 2.00 bits per heavy atom. The zero-order valence-electron chi connectivity index (χ0n) is 7.79. The summed E-state index contributed by atoms with van der Waals surface area (Å²) < 4.78 is 0. The average molecular weight is 165 g/mol. The van der Waals surface area contributed by atoms with Crippen LogP contribution in [0, 0.1) is 10.6 Å². The maximum absolute atomic E-state index is 11.0. The molecule has 66 valence electrons. The van der Waals surface area contributed by atoms with Crippen LogP contribution in [0.5, 0.6) is 0 Å². The fraction of sp³-hybridized carbons (Fsp3) is 0.400. The smallest absolute Gasteiger partial charge is 0.130 e. The standard InChI is InChI=1S/C10H15NO/c1-10(2)7-4-5-9(6-8-10)11(3)12/h4-8,11H,1-3H3. The Morgan fingerprint density at radius 1 is 1.33 bits per heavy atom. The first-order chi connectivity index (χ1) is 5.51. The van der Waals surface area contributed by atoms with Gasteiger partial charge in [-0.1, -0.05) is 32.1 Å². The summed E-state index contributed by atoms with van der Waals surface area (Å²) in [6, 6.07) is 0. The van der Waals surface area contributed by atoms with Crippen molar-refractivity contribution in [3.8, 4) is 0 Å². The minimum absolute atomic E-state index is 0.0632. The number of hydroxylamine groups is 2. The predicted molar refractivity (Wildman–Crippen MR) is 50.4 cm³/mol. The van der Waals surface area contributed by atoms with E-state index in [1.165, 1.54) is 0 Å². The summed E-state index contributed by atoms with van der Waals surface area (Å²) in [6.07, 6.45) is 9.82. The molecule has 1 atom stereocenters. The number of nitrogens with one attached hydrogen (secondary N) is 1. The minimum atomic E-state index is 0.0632. The molecular formula is C10H15NO. The van der Waals surface area contributed by atoms with E-state index in [-0.39, 0.29) is 10.5 Å². The van der Waals surface area contributed by atoms with Crippen LogP contribution in [0.4, 0.5) is 0 Å². The van der Waals surface area contributed by atoms with E-state index in [2.05, 4.69) is 19.9 Å². The van der Waals surface area contributed by atoms with Crippen LogP contribution in [0.3, 0.4) is 0 Å². The molecule has 1 unspecified atom stereocenters. The first-order valence-electron chi connectivity index (χ1n) is 4.11. The highest BCUT2D eigenvalue weighted by Gasteiger charge is 2.11. The Kier molecular flexibility index (Phi) is 2.50. The Bertz CT molecular complexity index is 247. The largest absolute Gasteiger partial charge is 0.629 e. The molecule has 0 aromatic carbocycles. The van der Waals surface area contributed by atoms with E-state index < -0.39 is 0 Å². The van der Waals surface area contributed by atoms with Crippen LogP contribution >= 0.6 is 0 Å². The molecule has 2 heteroatoms. The topological polar surface area (TPSA) is 27.5 Å². The zero-order chi connectivity index (χ0) is 9.19. The lowest BCUT2D eigenvalue weighted by atomic mass is 9.93. The van der Waals surface area contributed by atoms with E-state index in [0.717, 1.165) is 5.70 Å². The Labute approximate surface area is 73.5 Å². The lowest BCUT2D eigenvalue weighted by Crippen LogP contribution is -3.01. The van der Waals surface area contributed by atoms with Crippen LogP contribution in [-0.2, 0) is 0 Å². The molecule has 12 heavy (non-hydrogen) atoms. The van der Waals surface area contributed by atoms with Crippen LogP contribution in [0.1, 0.15) is 13.8 Å². The lowest BCUT2D eigenvalue weighted by molar-refractivity contribution is -0.778. The SMILES string of the molecule is C[NH+]([O-])C1=CC=CC(C)(C)C=C1. The average Bonchev–Trinajstić information content (AvgIpc) is 2.10. The highest BCUT2D eigenvalue weighted by Crippen LogP contribution is 2.21. The fourth-order valence-corrected chi connectivity index (χ4v) is 1.05.